The first kappa shape index (κ1) is 12.4. The summed E-state index contributed by atoms with van der Waals surface area (Å²) in [5.41, 5.74) is 3.07. The maximum Gasteiger partial charge on any atom is 0.233 e. The van der Waals surface area contributed by atoms with Crippen LogP contribution in [-0.2, 0) is 17.6 Å². The highest BCUT2D eigenvalue weighted by atomic mass is 79.9. The van der Waals surface area contributed by atoms with Gasteiger partial charge in [-0.25, -0.2) is 0 Å². The summed E-state index contributed by atoms with van der Waals surface area (Å²) in [6, 6.07) is 11.7. The standard InChI is InChI=1S/C15H13BrN2O/c16-12-4-5-14-11(9-12)6-8-18(14)15(19)10-13-3-1-2-7-17-13/h1-5,7,9H,6,8,10H2. The van der Waals surface area contributed by atoms with Crippen LogP contribution in [0.1, 0.15) is 11.3 Å². The summed E-state index contributed by atoms with van der Waals surface area (Å²) in [5, 5.41) is 0. The number of fused-ring (bicyclic) bond motifs is 1. The molecule has 1 amide bonds. The predicted molar refractivity (Wildman–Crippen MR) is 78.1 cm³/mol. The van der Waals surface area contributed by atoms with Crippen molar-refractivity contribution in [1.29, 1.82) is 0 Å². The van der Waals surface area contributed by atoms with E-state index in [2.05, 4.69) is 27.0 Å². The topological polar surface area (TPSA) is 33.2 Å². The molecule has 0 unspecified atom stereocenters. The number of pyridine rings is 1. The highest BCUT2D eigenvalue weighted by Gasteiger charge is 2.24. The van der Waals surface area contributed by atoms with E-state index < -0.39 is 0 Å². The van der Waals surface area contributed by atoms with Crippen molar-refractivity contribution in [3.63, 3.8) is 0 Å². The average molecular weight is 317 g/mol. The van der Waals surface area contributed by atoms with Crippen molar-refractivity contribution in [2.24, 2.45) is 0 Å². The van der Waals surface area contributed by atoms with Gasteiger partial charge in [0.05, 0.1) is 6.42 Å². The van der Waals surface area contributed by atoms with Crippen molar-refractivity contribution in [2.45, 2.75) is 12.8 Å². The zero-order chi connectivity index (χ0) is 13.2. The molecule has 0 N–H and O–H groups in total. The van der Waals surface area contributed by atoms with E-state index in [1.54, 1.807) is 6.20 Å². The van der Waals surface area contributed by atoms with Crippen LogP contribution in [0.3, 0.4) is 0 Å². The third-order valence-electron chi connectivity index (χ3n) is 3.30. The van der Waals surface area contributed by atoms with Crippen molar-refractivity contribution in [3.05, 3.63) is 58.3 Å². The lowest BCUT2D eigenvalue weighted by molar-refractivity contribution is -0.117. The van der Waals surface area contributed by atoms with Gasteiger partial charge < -0.3 is 4.90 Å². The first-order valence-electron chi connectivity index (χ1n) is 6.23. The number of aromatic nitrogens is 1. The van der Waals surface area contributed by atoms with E-state index in [0.717, 1.165) is 28.8 Å². The highest BCUT2D eigenvalue weighted by molar-refractivity contribution is 9.10. The molecule has 0 radical (unpaired) electrons. The van der Waals surface area contributed by atoms with Crippen molar-refractivity contribution < 1.29 is 4.79 Å². The van der Waals surface area contributed by atoms with E-state index in [1.807, 2.05) is 35.2 Å². The molecule has 0 spiro atoms. The molecular weight excluding hydrogens is 304 g/mol. The van der Waals surface area contributed by atoms with E-state index in [1.165, 1.54) is 5.56 Å². The van der Waals surface area contributed by atoms with E-state index in [0.29, 0.717) is 6.42 Å². The lowest BCUT2D eigenvalue weighted by Crippen LogP contribution is -2.30. The normalized spacial score (nSPS) is 13.4. The smallest absolute Gasteiger partial charge is 0.233 e. The van der Waals surface area contributed by atoms with Gasteiger partial charge in [0.15, 0.2) is 0 Å². The summed E-state index contributed by atoms with van der Waals surface area (Å²) in [6.45, 7) is 0.761. The van der Waals surface area contributed by atoms with Gasteiger partial charge in [0.2, 0.25) is 5.91 Å². The maximum atomic E-state index is 12.3. The van der Waals surface area contributed by atoms with Gasteiger partial charge in [-0.3, -0.25) is 9.78 Å². The number of amides is 1. The van der Waals surface area contributed by atoms with Crippen LogP contribution in [0, 0.1) is 0 Å². The number of hydrogen-bond donors (Lipinski definition) is 0. The van der Waals surface area contributed by atoms with Gasteiger partial charge in [0.1, 0.15) is 0 Å². The second-order valence-electron chi connectivity index (χ2n) is 4.57. The zero-order valence-electron chi connectivity index (χ0n) is 10.3. The number of halogens is 1. The minimum atomic E-state index is 0.111. The monoisotopic (exact) mass is 316 g/mol. The Hall–Kier alpha value is -1.68. The number of carbonyl (C=O) groups is 1. The molecule has 0 saturated heterocycles. The number of anilines is 1. The largest absolute Gasteiger partial charge is 0.311 e. The molecule has 0 bridgehead atoms. The second-order valence-corrected chi connectivity index (χ2v) is 5.48. The number of rotatable bonds is 2. The Morgan fingerprint density at radius 2 is 2.21 bits per heavy atom. The number of benzene rings is 1. The fourth-order valence-electron chi connectivity index (χ4n) is 2.38. The van der Waals surface area contributed by atoms with Crippen LogP contribution in [0.15, 0.2) is 47.1 Å². The van der Waals surface area contributed by atoms with Crippen molar-refractivity contribution in [2.75, 3.05) is 11.4 Å². The van der Waals surface area contributed by atoms with Crippen LogP contribution < -0.4 is 4.90 Å². The maximum absolute atomic E-state index is 12.3. The Balaban J connectivity index is 1.80. The summed E-state index contributed by atoms with van der Waals surface area (Å²) < 4.78 is 1.06. The summed E-state index contributed by atoms with van der Waals surface area (Å²) in [6.07, 6.45) is 3.00. The summed E-state index contributed by atoms with van der Waals surface area (Å²) >= 11 is 3.46. The van der Waals surface area contributed by atoms with Gasteiger partial charge in [-0.15, -0.1) is 0 Å². The number of hydrogen-bond acceptors (Lipinski definition) is 2. The average Bonchev–Trinajstić information content (AvgIpc) is 2.82. The fourth-order valence-corrected chi connectivity index (χ4v) is 2.79. The van der Waals surface area contributed by atoms with Gasteiger partial charge in [-0.1, -0.05) is 22.0 Å². The molecule has 96 valence electrons. The molecule has 19 heavy (non-hydrogen) atoms. The Labute approximate surface area is 120 Å². The van der Waals surface area contributed by atoms with Crippen LogP contribution in [-0.4, -0.2) is 17.4 Å². The third-order valence-corrected chi connectivity index (χ3v) is 3.79. The molecule has 0 aliphatic carbocycles. The van der Waals surface area contributed by atoms with E-state index in [4.69, 9.17) is 0 Å². The molecule has 2 aromatic rings. The molecular formula is C15H13BrN2O. The SMILES string of the molecule is O=C(Cc1ccccn1)N1CCc2cc(Br)ccc21. The first-order chi connectivity index (χ1) is 9.24. The van der Waals surface area contributed by atoms with E-state index in [-0.39, 0.29) is 5.91 Å². The second kappa shape index (κ2) is 5.13. The molecule has 0 fully saturated rings. The molecule has 0 saturated carbocycles. The molecule has 0 atom stereocenters. The first-order valence-corrected chi connectivity index (χ1v) is 7.02. The highest BCUT2D eigenvalue weighted by Crippen LogP contribution is 2.30. The number of nitrogens with zero attached hydrogens (tertiary/aromatic N) is 2. The Morgan fingerprint density at radius 1 is 1.32 bits per heavy atom. The third kappa shape index (κ3) is 2.54. The van der Waals surface area contributed by atoms with Gasteiger partial charge in [0.25, 0.3) is 0 Å². The van der Waals surface area contributed by atoms with Crippen LogP contribution in [0.2, 0.25) is 0 Å². The fraction of sp³-hybridized carbons (Fsp3) is 0.200. The van der Waals surface area contributed by atoms with E-state index >= 15 is 0 Å². The summed E-state index contributed by atoms with van der Waals surface area (Å²) in [5.74, 6) is 0.111. The van der Waals surface area contributed by atoms with Gasteiger partial charge >= 0.3 is 0 Å². The van der Waals surface area contributed by atoms with E-state index in [9.17, 15) is 4.79 Å². The Bertz CT molecular complexity index is 613. The molecule has 1 aromatic heterocycles. The lowest BCUT2D eigenvalue weighted by Gasteiger charge is -2.17. The summed E-state index contributed by atoms with van der Waals surface area (Å²) in [4.78, 5) is 18.4. The quantitative estimate of drug-likeness (QED) is 0.853. The van der Waals surface area contributed by atoms with Gasteiger partial charge in [-0.2, -0.15) is 0 Å². The molecule has 3 rings (SSSR count). The minimum absolute atomic E-state index is 0.111. The molecule has 4 heteroatoms. The number of carbonyl (C=O) groups excluding carboxylic acids is 1. The van der Waals surface area contributed by atoms with Crippen LogP contribution in [0.5, 0.6) is 0 Å². The molecule has 1 aliphatic heterocycles. The van der Waals surface area contributed by atoms with Crippen molar-refractivity contribution in [1.82, 2.24) is 4.98 Å². The molecule has 3 nitrogen and oxygen atoms in total. The molecule has 2 heterocycles. The van der Waals surface area contributed by atoms with Crippen LogP contribution in [0.25, 0.3) is 0 Å². The van der Waals surface area contributed by atoms with Gasteiger partial charge in [-0.05, 0) is 42.3 Å². The van der Waals surface area contributed by atoms with Crippen LogP contribution >= 0.6 is 15.9 Å². The molecule has 1 aromatic carbocycles. The lowest BCUT2D eigenvalue weighted by atomic mass is 10.2. The predicted octanol–water partition coefficient (Wildman–Crippen LogP) is 2.98. The minimum Gasteiger partial charge on any atom is -0.311 e. The Morgan fingerprint density at radius 3 is 3.00 bits per heavy atom. The van der Waals surface area contributed by atoms with Crippen molar-refractivity contribution in [3.8, 4) is 0 Å². The summed E-state index contributed by atoms with van der Waals surface area (Å²) in [7, 11) is 0. The zero-order valence-corrected chi connectivity index (χ0v) is 11.9. The van der Waals surface area contributed by atoms with Crippen molar-refractivity contribution >= 4 is 27.5 Å². The van der Waals surface area contributed by atoms with Crippen LogP contribution in [0.4, 0.5) is 5.69 Å². The van der Waals surface area contributed by atoms with Gasteiger partial charge in [0, 0.05) is 28.6 Å². The molecule has 1 aliphatic rings. The Kier molecular flexibility index (Phi) is 3.34.